The highest BCUT2D eigenvalue weighted by Gasteiger charge is 2.02. The lowest BCUT2D eigenvalue weighted by atomic mass is 10.5. The van der Waals surface area contributed by atoms with Gasteiger partial charge in [-0.3, -0.25) is 9.78 Å². The summed E-state index contributed by atoms with van der Waals surface area (Å²) in [5.74, 6) is -0.377. The van der Waals surface area contributed by atoms with Crippen LogP contribution in [0, 0.1) is 0 Å². The number of aliphatic imine (C=N–C) groups is 1. The van der Waals surface area contributed by atoms with Gasteiger partial charge in [0.2, 0.25) is 0 Å². The summed E-state index contributed by atoms with van der Waals surface area (Å²) in [6.45, 7) is 0. The molecular formula is C5H2N2OS2. The standard InChI is InChI=1S/C5H2N2OS2/c8-5(7-2-9)4-1-6-3-10-4/h1,3H. The van der Waals surface area contributed by atoms with E-state index in [0.29, 0.717) is 4.88 Å². The van der Waals surface area contributed by atoms with Crippen molar-refractivity contribution in [3.05, 3.63) is 16.6 Å². The van der Waals surface area contributed by atoms with Crippen LogP contribution in [0.25, 0.3) is 0 Å². The Morgan fingerprint density at radius 2 is 2.70 bits per heavy atom. The number of rotatable bonds is 1. The van der Waals surface area contributed by atoms with Gasteiger partial charge in [-0.05, 0) is 12.2 Å². The lowest BCUT2D eigenvalue weighted by molar-refractivity contribution is 0.101. The van der Waals surface area contributed by atoms with Crippen molar-refractivity contribution in [2.24, 2.45) is 4.99 Å². The van der Waals surface area contributed by atoms with Gasteiger partial charge in [0.05, 0.1) is 16.9 Å². The number of thiocarbonyl (C=S) groups is 1. The molecule has 10 heavy (non-hydrogen) atoms. The first kappa shape index (κ1) is 7.21. The van der Waals surface area contributed by atoms with Crippen LogP contribution >= 0.6 is 23.6 Å². The van der Waals surface area contributed by atoms with Gasteiger partial charge in [0.1, 0.15) is 4.88 Å². The topological polar surface area (TPSA) is 42.3 Å². The maximum absolute atomic E-state index is 10.8. The zero-order chi connectivity index (χ0) is 7.40. The number of nitrogens with zero attached hydrogens (tertiary/aromatic N) is 2. The fourth-order valence-corrected chi connectivity index (χ4v) is 1.00. The predicted octanol–water partition coefficient (Wildman–Crippen LogP) is 1.39. The highest BCUT2D eigenvalue weighted by Crippen LogP contribution is 2.05. The fourth-order valence-electron chi connectivity index (χ4n) is 0.418. The van der Waals surface area contributed by atoms with E-state index in [1.165, 1.54) is 17.5 Å². The molecule has 0 bridgehead atoms. The third-order valence-electron chi connectivity index (χ3n) is 0.790. The van der Waals surface area contributed by atoms with E-state index in [2.05, 4.69) is 22.2 Å². The molecule has 0 N–H and O–H groups in total. The largest absolute Gasteiger partial charge is 0.297 e. The Kier molecular flexibility index (Phi) is 2.39. The second-order valence-electron chi connectivity index (χ2n) is 1.37. The van der Waals surface area contributed by atoms with Crippen molar-refractivity contribution in [3.8, 4) is 0 Å². The van der Waals surface area contributed by atoms with Crippen LogP contribution in [0.15, 0.2) is 16.7 Å². The summed E-state index contributed by atoms with van der Waals surface area (Å²) >= 11 is 5.48. The molecule has 1 heterocycles. The van der Waals surface area contributed by atoms with Gasteiger partial charge in [0, 0.05) is 0 Å². The predicted molar refractivity (Wildman–Crippen MR) is 41.5 cm³/mol. The molecule has 0 radical (unpaired) electrons. The Hall–Kier alpha value is -0.900. The van der Waals surface area contributed by atoms with Gasteiger partial charge in [0.25, 0.3) is 5.91 Å². The lowest BCUT2D eigenvalue weighted by Crippen LogP contribution is -1.87. The van der Waals surface area contributed by atoms with Crippen LogP contribution < -0.4 is 0 Å². The average molecular weight is 170 g/mol. The zero-order valence-electron chi connectivity index (χ0n) is 4.77. The summed E-state index contributed by atoms with van der Waals surface area (Å²) in [5, 5.41) is 1.99. The lowest BCUT2D eigenvalue weighted by Gasteiger charge is -1.79. The quantitative estimate of drug-likeness (QED) is 0.472. The Bertz CT molecular complexity index is 274. The number of hydrogen-bond donors (Lipinski definition) is 0. The molecule has 0 saturated heterocycles. The smallest absolute Gasteiger partial charge is 0.265 e. The number of aromatic nitrogens is 1. The minimum absolute atomic E-state index is 0.377. The summed E-state index contributed by atoms with van der Waals surface area (Å²) in [5.41, 5.74) is 1.56. The van der Waals surface area contributed by atoms with Gasteiger partial charge in [0.15, 0.2) is 0 Å². The third kappa shape index (κ3) is 1.54. The summed E-state index contributed by atoms with van der Waals surface area (Å²) in [6, 6.07) is 0. The number of isothiocyanates is 1. The van der Waals surface area contributed by atoms with Crippen molar-refractivity contribution in [1.82, 2.24) is 4.98 Å². The minimum atomic E-state index is -0.377. The molecular weight excluding hydrogens is 168 g/mol. The molecule has 1 amide bonds. The first-order valence-corrected chi connectivity index (χ1v) is 3.64. The van der Waals surface area contributed by atoms with Crippen molar-refractivity contribution in [3.63, 3.8) is 0 Å². The van der Waals surface area contributed by atoms with E-state index in [4.69, 9.17) is 0 Å². The normalized spacial score (nSPS) is 8.40. The Morgan fingerprint density at radius 1 is 1.90 bits per heavy atom. The van der Waals surface area contributed by atoms with E-state index >= 15 is 0 Å². The number of thiazole rings is 1. The minimum Gasteiger partial charge on any atom is -0.265 e. The zero-order valence-corrected chi connectivity index (χ0v) is 6.41. The monoisotopic (exact) mass is 170 g/mol. The van der Waals surface area contributed by atoms with Crippen molar-refractivity contribution in [1.29, 1.82) is 0 Å². The van der Waals surface area contributed by atoms with Gasteiger partial charge in [-0.2, -0.15) is 4.99 Å². The SMILES string of the molecule is O=C(N=C=S)c1cncs1. The van der Waals surface area contributed by atoms with Gasteiger partial charge < -0.3 is 0 Å². The first-order chi connectivity index (χ1) is 4.84. The number of hydrogen-bond acceptors (Lipinski definition) is 4. The highest BCUT2D eigenvalue weighted by atomic mass is 32.1. The maximum atomic E-state index is 10.8. The first-order valence-electron chi connectivity index (χ1n) is 2.35. The van der Waals surface area contributed by atoms with Crippen molar-refractivity contribution >= 4 is 34.6 Å². The third-order valence-corrected chi connectivity index (χ3v) is 1.64. The molecule has 50 valence electrons. The molecule has 0 aliphatic carbocycles. The van der Waals surface area contributed by atoms with E-state index in [9.17, 15) is 4.79 Å². The number of carbonyl (C=O) groups is 1. The molecule has 0 aromatic carbocycles. The molecule has 0 unspecified atom stereocenters. The highest BCUT2D eigenvalue weighted by molar-refractivity contribution is 7.78. The van der Waals surface area contributed by atoms with Crippen LogP contribution in [-0.2, 0) is 0 Å². The van der Waals surface area contributed by atoms with Gasteiger partial charge >= 0.3 is 0 Å². The second-order valence-corrected chi connectivity index (χ2v) is 2.44. The van der Waals surface area contributed by atoms with Crippen molar-refractivity contribution < 1.29 is 4.79 Å². The number of carbonyl (C=O) groups excluding carboxylic acids is 1. The molecule has 1 rings (SSSR count). The molecule has 1 aromatic rings. The van der Waals surface area contributed by atoms with E-state index < -0.39 is 0 Å². The van der Waals surface area contributed by atoms with E-state index in [1.54, 1.807) is 5.51 Å². The Morgan fingerprint density at radius 3 is 3.20 bits per heavy atom. The van der Waals surface area contributed by atoms with E-state index in [0.717, 1.165) is 0 Å². The molecule has 0 aliphatic rings. The Balaban J connectivity index is 2.87. The van der Waals surface area contributed by atoms with E-state index in [1.807, 2.05) is 5.16 Å². The second kappa shape index (κ2) is 3.31. The molecule has 0 aliphatic heterocycles. The fraction of sp³-hybridized carbons (Fsp3) is 0. The van der Waals surface area contributed by atoms with Gasteiger partial charge in [-0.1, -0.05) is 0 Å². The number of amides is 1. The van der Waals surface area contributed by atoms with Crippen LogP contribution in [0.2, 0.25) is 0 Å². The van der Waals surface area contributed by atoms with Crippen LogP contribution in [0.1, 0.15) is 9.67 Å². The summed E-state index contributed by atoms with van der Waals surface area (Å²) in [7, 11) is 0. The molecule has 0 saturated carbocycles. The summed E-state index contributed by atoms with van der Waals surface area (Å²) < 4.78 is 0. The molecule has 3 nitrogen and oxygen atoms in total. The van der Waals surface area contributed by atoms with Crippen molar-refractivity contribution in [2.45, 2.75) is 0 Å². The molecule has 1 aromatic heterocycles. The van der Waals surface area contributed by atoms with E-state index in [-0.39, 0.29) is 5.91 Å². The van der Waals surface area contributed by atoms with Crippen LogP contribution in [-0.4, -0.2) is 16.1 Å². The summed E-state index contributed by atoms with van der Waals surface area (Å²) in [6.07, 6.45) is 1.45. The van der Waals surface area contributed by atoms with Crippen LogP contribution in [0.5, 0.6) is 0 Å². The van der Waals surface area contributed by atoms with Gasteiger partial charge in [-0.15, -0.1) is 11.3 Å². The van der Waals surface area contributed by atoms with Crippen molar-refractivity contribution in [2.75, 3.05) is 0 Å². The van der Waals surface area contributed by atoms with Gasteiger partial charge in [-0.25, -0.2) is 0 Å². The van der Waals surface area contributed by atoms with Crippen LogP contribution in [0.3, 0.4) is 0 Å². The molecule has 0 spiro atoms. The molecule has 0 atom stereocenters. The Labute approximate surface area is 66.4 Å². The summed E-state index contributed by atoms with van der Waals surface area (Å²) in [4.78, 5) is 18.2. The average Bonchev–Trinajstić information content (AvgIpc) is 2.38. The maximum Gasteiger partial charge on any atom is 0.297 e. The molecule has 5 heteroatoms. The molecule has 0 fully saturated rings. The van der Waals surface area contributed by atoms with Crippen LogP contribution in [0.4, 0.5) is 0 Å².